The minimum Gasteiger partial charge on any atom is -0.478 e. The summed E-state index contributed by atoms with van der Waals surface area (Å²) in [5.74, 6) is -8.00. The number of carboxylic acid groups (broad SMARTS) is 1. The van der Waals surface area contributed by atoms with E-state index in [0.717, 1.165) is 20.8 Å². The molecule has 0 radical (unpaired) electrons. The van der Waals surface area contributed by atoms with Crippen molar-refractivity contribution < 1.29 is 40.6 Å². The molecule has 4 nitrogen and oxygen atoms in total. The maximum absolute atomic E-state index is 13.7. The van der Waals surface area contributed by atoms with Gasteiger partial charge < -0.3 is 5.11 Å². The molecular formula is C11H11F7N2O2. The number of nitrogens with zero attached hydrogens (tertiary/aromatic N) is 2. The highest BCUT2D eigenvalue weighted by molar-refractivity contribution is 5.90. The van der Waals surface area contributed by atoms with Gasteiger partial charge in [0.05, 0.1) is 5.54 Å². The first-order valence-electron chi connectivity index (χ1n) is 5.72. The number of hydrogen-bond donors (Lipinski definition) is 1. The molecule has 1 aromatic rings. The second kappa shape index (κ2) is 5.13. The van der Waals surface area contributed by atoms with Crippen LogP contribution < -0.4 is 0 Å². The number of hydrogen-bond acceptors (Lipinski definition) is 2. The van der Waals surface area contributed by atoms with Gasteiger partial charge in [-0.1, -0.05) is 0 Å². The van der Waals surface area contributed by atoms with Gasteiger partial charge >= 0.3 is 18.1 Å². The number of aromatic carboxylic acids is 1. The maximum Gasteiger partial charge on any atom is 0.459 e. The minimum absolute atomic E-state index is 0.0224. The average Bonchev–Trinajstić information content (AvgIpc) is 2.67. The van der Waals surface area contributed by atoms with Gasteiger partial charge in [0, 0.05) is 0 Å². The summed E-state index contributed by atoms with van der Waals surface area (Å²) >= 11 is 0. The van der Waals surface area contributed by atoms with Crippen molar-refractivity contribution in [2.75, 3.05) is 0 Å². The Morgan fingerprint density at radius 2 is 1.59 bits per heavy atom. The van der Waals surface area contributed by atoms with Crippen LogP contribution in [-0.4, -0.2) is 27.0 Å². The highest BCUT2D eigenvalue weighted by atomic mass is 19.4. The Bertz CT molecular complexity index is 584. The lowest BCUT2D eigenvalue weighted by Crippen LogP contribution is -2.40. The van der Waals surface area contributed by atoms with Crippen molar-refractivity contribution >= 4 is 5.97 Å². The van der Waals surface area contributed by atoms with E-state index in [-0.39, 0.29) is 4.68 Å². The smallest absolute Gasteiger partial charge is 0.459 e. The third-order valence-corrected chi connectivity index (χ3v) is 2.62. The molecule has 1 N–H and O–H groups in total. The summed E-state index contributed by atoms with van der Waals surface area (Å²) in [6.45, 7) is 3.37. The number of rotatable bonds is 3. The van der Waals surface area contributed by atoms with E-state index in [4.69, 9.17) is 5.11 Å². The topological polar surface area (TPSA) is 55.1 Å². The fraction of sp³-hybridized carbons (Fsp3) is 0.636. The van der Waals surface area contributed by atoms with Crippen LogP contribution in [0.25, 0.3) is 0 Å². The Kier molecular flexibility index (Phi) is 4.25. The van der Waals surface area contributed by atoms with Crippen molar-refractivity contribution in [1.82, 2.24) is 9.78 Å². The summed E-state index contributed by atoms with van der Waals surface area (Å²) in [5.41, 5.74) is -7.18. The van der Waals surface area contributed by atoms with E-state index >= 15 is 0 Å². The summed E-state index contributed by atoms with van der Waals surface area (Å²) in [6.07, 6.45) is -9.79. The van der Waals surface area contributed by atoms with Gasteiger partial charge in [0.15, 0.2) is 0 Å². The Labute approximate surface area is 119 Å². The van der Waals surface area contributed by atoms with Gasteiger partial charge in [-0.15, -0.1) is 0 Å². The van der Waals surface area contributed by atoms with E-state index in [9.17, 15) is 35.5 Å². The van der Waals surface area contributed by atoms with E-state index in [1.807, 2.05) is 0 Å². The number of carboxylic acids is 1. The van der Waals surface area contributed by atoms with Crippen molar-refractivity contribution in [2.45, 2.75) is 44.8 Å². The summed E-state index contributed by atoms with van der Waals surface area (Å²) in [6, 6.07) is 0. The third kappa shape index (κ3) is 2.88. The maximum atomic E-state index is 13.7. The van der Waals surface area contributed by atoms with E-state index in [2.05, 4.69) is 5.10 Å². The Hall–Kier alpha value is -1.81. The molecule has 22 heavy (non-hydrogen) atoms. The molecule has 1 aromatic heterocycles. The summed E-state index contributed by atoms with van der Waals surface area (Å²) in [4.78, 5) is 11.0. The van der Waals surface area contributed by atoms with Crippen LogP contribution in [0.3, 0.4) is 0 Å². The normalized spacial score (nSPS) is 13.8. The van der Waals surface area contributed by atoms with Gasteiger partial charge in [0.2, 0.25) is 0 Å². The molecule has 1 heterocycles. The zero-order valence-electron chi connectivity index (χ0n) is 11.5. The van der Waals surface area contributed by atoms with Gasteiger partial charge in [0.1, 0.15) is 17.0 Å². The van der Waals surface area contributed by atoms with Gasteiger partial charge in [-0.3, -0.25) is 4.68 Å². The van der Waals surface area contributed by atoms with Crippen LogP contribution in [0.5, 0.6) is 0 Å². The molecule has 0 saturated carbocycles. The predicted molar refractivity (Wildman–Crippen MR) is 59.1 cm³/mol. The van der Waals surface area contributed by atoms with Crippen LogP contribution in [-0.2, 0) is 11.5 Å². The van der Waals surface area contributed by atoms with E-state index in [1.54, 1.807) is 0 Å². The highest BCUT2D eigenvalue weighted by Crippen LogP contribution is 2.47. The second-order valence-electron chi connectivity index (χ2n) is 5.37. The van der Waals surface area contributed by atoms with E-state index < -0.39 is 47.0 Å². The van der Waals surface area contributed by atoms with Gasteiger partial charge in [-0.05, 0) is 20.8 Å². The summed E-state index contributed by atoms with van der Waals surface area (Å²) in [7, 11) is 0. The fourth-order valence-electron chi connectivity index (χ4n) is 1.71. The van der Waals surface area contributed by atoms with Crippen molar-refractivity contribution in [3.63, 3.8) is 0 Å². The molecule has 0 amide bonds. The van der Waals surface area contributed by atoms with Crippen LogP contribution in [0.2, 0.25) is 0 Å². The van der Waals surface area contributed by atoms with Crippen molar-refractivity contribution in [1.29, 1.82) is 0 Å². The van der Waals surface area contributed by atoms with Crippen LogP contribution in [0.1, 0.15) is 48.9 Å². The van der Waals surface area contributed by atoms with Crippen molar-refractivity contribution in [3.8, 4) is 0 Å². The lowest BCUT2D eigenvalue weighted by atomic mass is 10.0. The standard InChI is InChI=1S/C11H11F7N2O2/c1-9(2,3)20-6(10(14,15)11(16,17)18)4(8(21)22)5(19-20)7(12)13/h7H,1-3H3,(H,21,22). The molecule has 0 atom stereocenters. The fourth-order valence-corrected chi connectivity index (χ4v) is 1.71. The summed E-state index contributed by atoms with van der Waals surface area (Å²) < 4.78 is 90.6. The number of carbonyl (C=O) groups is 1. The lowest BCUT2D eigenvalue weighted by Gasteiger charge is -2.27. The molecule has 0 aromatic carbocycles. The van der Waals surface area contributed by atoms with E-state index in [0.29, 0.717) is 0 Å². The minimum atomic E-state index is -6.17. The SMILES string of the molecule is CC(C)(C)n1nc(C(F)F)c(C(=O)O)c1C(F)(F)C(F)(F)F. The van der Waals surface area contributed by atoms with Crippen LogP contribution >= 0.6 is 0 Å². The molecule has 0 spiro atoms. The molecule has 1 rings (SSSR count). The average molecular weight is 336 g/mol. The molecule has 0 aliphatic carbocycles. The van der Waals surface area contributed by atoms with Crippen LogP contribution in [0.15, 0.2) is 0 Å². The highest BCUT2D eigenvalue weighted by Gasteiger charge is 2.63. The number of aromatic nitrogens is 2. The quantitative estimate of drug-likeness (QED) is 0.851. The molecule has 0 aliphatic rings. The zero-order chi connectivity index (χ0) is 17.7. The molecule has 0 saturated heterocycles. The largest absolute Gasteiger partial charge is 0.478 e. The molecule has 0 unspecified atom stereocenters. The van der Waals surface area contributed by atoms with Crippen molar-refractivity contribution in [2.24, 2.45) is 0 Å². The van der Waals surface area contributed by atoms with Gasteiger partial charge in [-0.25, -0.2) is 13.6 Å². The Morgan fingerprint density at radius 1 is 1.14 bits per heavy atom. The monoisotopic (exact) mass is 336 g/mol. The second-order valence-corrected chi connectivity index (χ2v) is 5.37. The first-order valence-corrected chi connectivity index (χ1v) is 5.72. The zero-order valence-corrected chi connectivity index (χ0v) is 11.5. The van der Waals surface area contributed by atoms with E-state index in [1.165, 1.54) is 0 Å². The first-order chi connectivity index (χ1) is 9.62. The molecule has 0 fully saturated rings. The molecule has 11 heteroatoms. The summed E-state index contributed by atoms with van der Waals surface area (Å²) in [5, 5.41) is 11.8. The first kappa shape index (κ1) is 18.2. The molecule has 0 aliphatic heterocycles. The molecule has 0 bridgehead atoms. The Morgan fingerprint density at radius 3 is 1.86 bits per heavy atom. The van der Waals surface area contributed by atoms with Crippen LogP contribution in [0.4, 0.5) is 30.7 Å². The molecule has 126 valence electrons. The van der Waals surface area contributed by atoms with Crippen LogP contribution in [0, 0.1) is 0 Å². The Balaban J connectivity index is 3.91. The number of alkyl halides is 7. The third-order valence-electron chi connectivity index (χ3n) is 2.62. The van der Waals surface area contributed by atoms with Crippen molar-refractivity contribution in [3.05, 3.63) is 17.0 Å². The van der Waals surface area contributed by atoms with Gasteiger partial charge in [-0.2, -0.15) is 27.1 Å². The van der Waals surface area contributed by atoms with Gasteiger partial charge in [0.25, 0.3) is 6.43 Å². The lowest BCUT2D eigenvalue weighted by molar-refractivity contribution is -0.292. The molecular weight excluding hydrogens is 325 g/mol. The predicted octanol–water partition coefficient (Wildman–Crippen LogP) is 3.93. The number of halogens is 7.